The standard InChI is InChI=1S/C11H12N4O5S2/c1-15-5-6-3-4-7(8(16)9(6)22(15,18)19)12-10-11(20-2)14-21(17)13-10/h3-4,16H,5H2,1-2H3,(H,12,13). The second kappa shape index (κ2) is 5.04. The second-order valence-electron chi connectivity index (χ2n) is 4.61. The lowest BCUT2D eigenvalue weighted by Crippen LogP contribution is -2.22. The van der Waals surface area contributed by atoms with E-state index in [1.165, 1.54) is 20.2 Å². The molecular weight excluding hydrogens is 332 g/mol. The van der Waals surface area contributed by atoms with Gasteiger partial charge in [0.15, 0.2) is 5.75 Å². The van der Waals surface area contributed by atoms with Crippen molar-refractivity contribution in [2.75, 3.05) is 19.5 Å². The van der Waals surface area contributed by atoms with Crippen molar-refractivity contribution < 1.29 is 22.5 Å². The number of rotatable bonds is 1. The van der Waals surface area contributed by atoms with Crippen LogP contribution in [0, 0.1) is 0 Å². The number of phenols is 1. The van der Waals surface area contributed by atoms with Gasteiger partial charge in [0.1, 0.15) is 4.90 Å². The molecule has 3 rings (SSSR count). The Morgan fingerprint density at radius 3 is 2.82 bits per heavy atom. The van der Waals surface area contributed by atoms with Gasteiger partial charge in [-0.25, -0.2) is 12.6 Å². The summed E-state index contributed by atoms with van der Waals surface area (Å²) in [6.45, 7) is 0.196. The first-order valence-electron chi connectivity index (χ1n) is 6.06. The number of sulfonamides is 1. The van der Waals surface area contributed by atoms with Crippen molar-refractivity contribution in [3.63, 3.8) is 0 Å². The van der Waals surface area contributed by atoms with Crippen LogP contribution < -0.4 is 5.32 Å². The number of nitrogens with zero attached hydrogens (tertiary/aromatic N) is 3. The lowest BCUT2D eigenvalue weighted by molar-refractivity contribution is 0.413. The summed E-state index contributed by atoms with van der Waals surface area (Å²) >= 11 is -1.80. The number of nitrogens with one attached hydrogen (secondary N) is 1. The molecule has 22 heavy (non-hydrogen) atoms. The lowest BCUT2D eigenvalue weighted by atomic mass is 10.2. The number of aromatic hydroxyl groups is 1. The minimum absolute atomic E-state index is 0.0122. The Hall–Kier alpha value is -1.98. The highest BCUT2D eigenvalue weighted by Crippen LogP contribution is 2.40. The number of benzene rings is 1. The molecule has 0 aromatic heterocycles. The predicted octanol–water partition coefficient (Wildman–Crippen LogP) is -0.0261. The van der Waals surface area contributed by atoms with E-state index in [9.17, 15) is 17.7 Å². The molecule has 0 saturated carbocycles. The average molecular weight is 344 g/mol. The Bertz CT molecular complexity index is 846. The molecule has 2 aliphatic heterocycles. The highest BCUT2D eigenvalue weighted by atomic mass is 32.2. The van der Waals surface area contributed by atoms with E-state index >= 15 is 0 Å². The molecule has 0 aliphatic carbocycles. The Morgan fingerprint density at radius 2 is 2.14 bits per heavy atom. The first-order chi connectivity index (χ1) is 10.3. The number of phenolic OH excluding ortho intramolecular Hbond substituents is 1. The van der Waals surface area contributed by atoms with Gasteiger partial charge in [-0.15, -0.1) is 8.80 Å². The van der Waals surface area contributed by atoms with Gasteiger partial charge in [0, 0.05) is 13.6 Å². The van der Waals surface area contributed by atoms with Gasteiger partial charge in [0.05, 0.1) is 12.8 Å². The number of ether oxygens (including phenoxy) is 1. The quantitative estimate of drug-likeness (QED) is 0.690. The van der Waals surface area contributed by atoms with Crippen LogP contribution in [0.1, 0.15) is 5.56 Å². The van der Waals surface area contributed by atoms with E-state index in [1.54, 1.807) is 6.07 Å². The summed E-state index contributed by atoms with van der Waals surface area (Å²) in [5.41, 5.74) is 0.614. The first kappa shape index (κ1) is 14.9. The smallest absolute Gasteiger partial charge is 0.271 e. The van der Waals surface area contributed by atoms with Crippen molar-refractivity contribution in [3.8, 4) is 5.75 Å². The molecule has 0 bridgehead atoms. The van der Waals surface area contributed by atoms with Crippen molar-refractivity contribution >= 4 is 38.6 Å². The highest BCUT2D eigenvalue weighted by molar-refractivity contribution is 7.89. The third kappa shape index (κ3) is 2.17. The number of amidine groups is 1. The Morgan fingerprint density at radius 1 is 1.41 bits per heavy atom. The highest BCUT2D eigenvalue weighted by Gasteiger charge is 2.36. The van der Waals surface area contributed by atoms with Crippen LogP contribution in [0.15, 0.2) is 25.8 Å². The fraction of sp³-hybridized carbons (Fsp3) is 0.273. The summed E-state index contributed by atoms with van der Waals surface area (Å²) in [6.07, 6.45) is 0. The zero-order valence-electron chi connectivity index (χ0n) is 11.6. The summed E-state index contributed by atoms with van der Waals surface area (Å²) in [6, 6.07) is 3.11. The summed E-state index contributed by atoms with van der Waals surface area (Å²) in [7, 11) is -0.953. The van der Waals surface area contributed by atoms with Crippen LogP contribution >= 0.6 is 0 Å². The van der Waals surface area contributed by atoms with E-state index in [0.717, 1.165) is 4.31 Å². The maximum Gasteiger partial charge on any atom is 0.271 e. The molecule has 0 radical (unpaired) electrons. The molecule has 1 aromatic rings. The zero-order chi connectivity index (χ0) is 16.1. The molecule has 1 atom stereocenters. The van der Waals surface area contributed by atoms with E-state index in [2.05, 4.69) is 14.1 Å². The zero-order valence-corrected chi connectivity index (χ0v) is 13.2. The van der Waals surface area contributed by atoms with Crippen LogP contribution in [-0.4, -0.2) is 47.9 Å². The van der Waals surface area contributed by atoms with Crippen LogP contribution in [0.3, 0.4) is 0 Å². The van der Waals surface area contributed by atoms with Gasteiger partial charge < -0.3 is 15.2 Å². The number of anilines is 1. The van der Waals surface area contributed by atoms with Crippen molar-refractivity contribution in [2.24, 2.45) is 8.80 Å². The van der Waals surface area contributed by atoms with Gasteiger partial charge in [0.25, 0.3) is 17.1 Å². The average Bonchev–Trinajstić information content (AvgIpc) is 2.91. The second-order valence-corrected chi connectivity index (χ2v) is 7.42. The largest absolute Gasteiger partial charge is 0.504 e. The summed E-state index contributed by atoms with van der Waals surface area (Å²) in [5.74, 6) is -0.351. The van der Waals surface area contributed by atoms with Crippen LogP contribution in [0.2, 0.25) is 0 Å². The van der Waals surface area contributed by atoms with E-state index in [4.69, 9.17) is 4.74 Å². The summed E-state index contributed by atoms with van der Waals surface area (Å²) in [4.78, 5) is -0.143. The van der Waals surface area contributed by atoms with Crippen LogP contribution in [0.4, 0.5) is 5.69 Å². The fourth-order valence-corrected chi connectivity index (χ4v) is 4.26. The van der Waals surface area contributed by atoms with Crippen molar-refractivity contribution in [1.29, 1.82) is 0 Å². The molecule has 118 valence electrons. The number of methoxy groups -OCH3 is 1. The maximum absolute atomic E-state index is 12.2. The molecule has 2 N–H and O–H groups in total. The molecule has 0 fully saturated rings. The van der Waals surface area contributed by atoms with Crippen molar-refractivity contribution in [2.45, 2.75) is 11.4 Å². The van der Waals surface area contributed by atoms with E-state index in [1.807, 2.05) is 0 Å². The van der Waals surface area contributed by atoms with Crippen LogP contribution in [0.25, 0.3) is 0 Å². The Labute approximate surface area is 129 Å². The normalized spacial score (nSPS) is 22.9. The molecular formula is C11H12N4O5S2. The van der Waals surface area contributed by atoms with Gasteiger partial charge in [-0.3, -0.25) is 0 Å². The Kier molecular flexibility index (Phi) is 3.42. The number of hydrogen-bond donors (Lipinski definition) is 2. The van der Waals surface area contributed by atoms with Gasteiger partial charge in [-0.05, 0) is 11.6 Å². The molecule has 0 saturated heterocycles. The SMILES string of the molecule is COC1=NS(=O)N=C1Nc1ccc2c(c1O)S(=O)(=O)N(C)C2. The topological polar surface area (TPSA) is 121 Å². The van der Waals surface area contributed by atoms with E-state index in [-0.39, 0.29) is 28.9 Å². The van der Waals surface area contributed by atoms with Crippen molar-refractivity contribution in [1.82, 2.24) is 4.31 Å². The van der Waals surface area contributed by atoms with Gasteiger partial charge in [0.2, 0.25) is 15.9 Å². The minimum Gasteiger partial charge on any atom is -0.504 e. The maximum atomic E-state index is 12.2. The van der Waals surface area contributed by atoms with E-state index in [0.29, 0.717) is 5.56 Å². The number of fused-ring (bicyclic) bond motifs is 1. The van der Waals surface area contributed by atoms with Crippen LogP contribution in [-0.2, 0) is 32.5 Å². The van der Waals surface area contributed by atoms with Gasteiger partial charge in [-0.1, -0.05) is 6.07 Å². The third-order valence-corrected chi connectivity index (χ3v) is 5.84. The molecule has 1 aromatic carbocycles. The predicted molar refractivity (Wildman–Crippen MR) is 80.4 cm³/mol. The van der Waals surface area contributed by atoms with Gasteiger partial charge >= 0.3 is 0 Å². The summed E-state index contributed by atoms with van der Waals surface area (Å²) < 4.78 is 49.0. The molecule has 2 aliphatic rings. The van der Waals surface area contributed by atoms with E-state index < -0.39 is 26.9 Å². The lowest BCUT2D eigenvalue weighted by Gasteiger charge is -2.11. The van der Waals surface area contributed by atoms with Crippen LogP contribution in [0.5, 0.6) is 5.75 Å². The summed E-state index contributed by atoms with van der Waals surface area (Å²) in [5, 5.41) is 13.0. The monoisotopic (exact) mass is 344 g/mol. The minimum atomic E-state index is -3.72. The van der Waals surface area contributed by atoms with Gasteiger partial charge in [-0.2, -0.15) is 4.31 Å². The number of hydrogen-bond acceptors (Lipinski definition) is 6. The molecule has 0 spiro atoms. The molecule has 1 unspecified atom stereocenters. The molecule has 9 nitrogen and oxygen atoms in total. The molecule has 11 heteroatoms. The Balaban J connectivity index is 2.03. The fourth-order valence-electron chi connectivity index (χ4n) is 2.20. The first-order valence-corrected chi connectivity index (χ1v) is 8.57. The molecule has 2 heterocycles. The van der Waals surface area contributed by atoms with Crippen molar-refractivity contribution in [3.05, 3.63) is 17.7 Å². The third-order valence-electron chi connectivity index (χ3n) is 3.25. The molecule has 0 amide bonds.